The molecule has 0 saturated carbocycles. The van der Waals surface area contributed by atoms with Crippen molar-refractivity contribution in [3.63, 3.8) is 0 Å². The van der Waals surface area contributed by atoms with Crippen LogP contribution in [0.1, 0.15) is 28.7 Å². The highest BCUT2D eigenvalue weighted by Gasteiger charge is 2.40. The van der Waals surface area contributed by atoms with Crippen LogP contribution in [0.3, 0.4) is 0 Å². The minimum atomic E-state index is -0.515. The van der Waals surface area contributed by atoms with Crippen molar-refractivity contribution in [3.05, 3.63) is 58.7 Å². The van der Waals surface area contributed by atoms with E-state index in [0.717, 1.165) is 27.9 Å². The lowest BCUT2D eigenvalue weighted by Crippen LogP contribution is -2.35. The van der Waals surface area contributed by atoms with Crippen molar-refractivity contribution in [2.75, 3.05) is 10.2 Å². The number of imide groups is 1. The molecule has 1 atom stereocenters. The van der Waals surface area contributed by atoms with Crippen molar-refractivity contribution in [3.8, 4) is 0 Å². The molecule has 0 radical (unpaired) electrons. The van der Waals surface area contributed by atoms with Gasteiger partial charge in [-0.1, -0.05) is 29.8 Å². The Morgan fingerprint density at radius 1 is 1.00 bits per heavy atom. The number of benzene rings is 2. The van der Waals surface area contributed by atoms with Gasteiger partial charge in [0.05, 0.1) is 12.1 Å². The average molecular weight is 322 g/mol. The summed E-state index contributed by atoms with van der Waals surface area (Å²) >= 11 is 0. The summed E-state index contributed by atoms with van der Waals surface area (Å²) in [6, 6.07) is 11.2. The minimum absolute atomic E-state index is 0.158. The molecule has 1 aliphatic heterocycles. The summed E-state index contributed by atoms with van der Waals surface area (Å²) in [6.45, 7) is 7.97. The molecule has 2 aromatic rings. The summed E-state index contributed by atoms with van der Waals surface area (Å²) in [7, 11) is 0. The molecule has 0 aromatic heterocycles. The first-order chi connectivity index (χ1) is 11.4. The largest absolute Gasteiger partial charge is 0.373 e. The summed E-state index contributed by atoms with van der Waals surface area (Å²) in [4.78, 5) is 26.6. The molecule has 1 saturated heterocycles. The number of nitrogens with one attached hydrogen (secondary N) is 1. The molecule has 1 N–H and O–H groups in total. The van der Waals surface area contributed by atoms with Gasteiger partial charge in [-0.05, 0) is 56.5 Å². The van der Waals surface area contributed by atoms with Gasteiger partial charge in [0.15, 0.2) is 0 Å². The number of hydrogen-bond acceptors (Lipinski definition) is 3. The Hall–Kier alpha value is -2.62. The second kappa shape index (κ2) is 6.11. The molecule has 0 aliphatic carbocycles. The predicted molar refractivity (Wildman–Crippen MR) is 96.4 cm³/mol. The molecule has 0 bridgehead atoms. The zero-order valence-corrected chi connectivity index (χ0v) is 14.5. The number of anilines is 2. The van der Waals surface area contributed by atoms with Crippen LogP contribution in [0.15, 0.2) is 36.4 Å². The molecule has 3 rings (SSSR count). The lowest BCUT2D eigenvalue weighted by molar-refractivity contribution is -0.121. The standard InChI is InChI=1S/C20H22N2O2/c1-12-8-9-18(14(3)10-12)22-19(23)11-17(20(22)24)21-16-7-5-6-13(2)15(16)4/h5-10,17,21H,11H2,1-4H3. The van der Waals surface area contributed by atoms with Crippen LogP contribution in [0.25, 0.3) is 0 Å². The van der Waals surface area contributed by atoms with E-state index in [0.29, 0.717) is 5.69 Å². The van der Waals surface area contributed by atoms with E-state index in [2.05, 4.69) is 5.32 Å². The minimum Gasteiger partial charge on any atom is -0.373 e. The summed E-state index contributed by atoms with van der Waals surface area (Å²) in [5.41, 5.74) is 5.89. The quantitative estimate of drug-likeness (QED) is 0.877. The molecule has 4 heteroatoms. The molecular formula is C20H22N2O2. The van der Waals surface area contributed by atoms with Gasteiger partial charge in [0.25, 0.3) is 5.91 Å². The third kappa shape index (κ3) is 2.80. The maximum Gasteiger partial charge on any atom is 0.256 e. The molecule has 2 aromatic carbocycles. The molecule has 4 nitrogen and oxygen atoms in total. The number of nitrogens with zero attached hydrogens (tertiary/aromatic N) is 1. The molecule has 124 valence electrons. The molecular weight excluding hydrogens is 300 g/mol. The average Bonchev–Trinajstić information content (AvgIpc) is 2.79. The Bertz CT molecular complexity index is 826. The number of hydrogen-bond donors (Lipinski definition) is 1. The van der Waals surface area contributed by atoms with Gasteiger partial charge in [-0.15, -0.1) is 0 Å². The molecule has 24 heavy (non-hydrogen) atoms. The van der Waals surface area contributed by atoms with Crippen LogP contribution >= 0.6 is 0 Å². The second-order valence-corrected chi connectivity index (χ2v) is 6.51. The fraction of sp³-hybridized carbons (Fsp3) is 0.300. The number of aryl methyl sites for hydroxylation is 3. The molecule has 1 heterocycles. The van der Waals surface area contributed by atoms with Crippen LogP contribution in [-0.4, -0.2) is 17.9 Å². The Labute approximate surface area is 142 Å². The fourth-order valence-corrected chi connectivity index (χ4v) is 3.15. The van der Waals surface area contributed by atoms with Crippen molar-refractivity contribution >= 4 is 23.2 Å². The van der Waals surface area contributed by atoms with Crippen molar-refractivity contribution < 1.29 is 9.59 Å². The molecule has 1 unspecified atom stereocenters. The van der Waals surface area contributed by atoms with Crippen molar-refractivity contribution in [2.45, 2.75) is 40.2 Å². The Kier molecular flexibility index (Phi) is 4.14. The zero-order chi connectivity index (χ0) is 17.4. The monoisotopic (exact) mass is 322 g/mol. The zero-order valence-electron chi connectivity index (χ0n) is 14.5. The lowest BCUT2D eigenvalue weighted by atomic mass is 10.1. The Morgan fingerprint density at radius 2 is 1.75 bits per heavy atom. The van der Waals surface area contributed by atoms with Crippen LogP contribution in [0, 0.1) is 27.7 Å². The maximum absolute atomic E-state index is 12.8. The van der Waals surface area contributed by atoms with E-state index in [9.17, 15) is 9.59 Å². The second-order valence-electron chi connectivity index (χ2n) is 6.51. The first-order valence-corrected chi connectivity index (χ1v) is 8.15. The molecule has 1 aliphatic rings. The summed E-state index contributed by atoms with van der Waals surface area (Å²) in [6.07, 6.45) is 0.180. The highest BCUT2D eigenvalue weighted by atomic mass is 16.2. The SMILES string of the molecule is Cc1ccc(N2C(=O)CC(Nc3cccc(C)c3C)C2=O)c(C)c1. The van der Waals surface area contributed by atoms with Gasteiger partial charge in [0, 0.05) is 5.69 Å². The van der Waals surface area contributed by atoms with Crippen molar-refractivity contribution in [1.29, 1.82) is 0 Å². The first-order valence-electron chi connectivity index (χ1n) is 8.15. The van der Waals surface area contributed by atoms with Crippen molar-refractivity contribution in [2.24, 2.45) is 0 Å². The predicted octanol–water partition coefficient (Wildman–Crippen LogP) is 3.66. The third-order valence-electron chi connectivity index (χ3n) is 4.67. The van der Waals surface area contributed by atoms with Crippen LogP contribution < -0.4 is 10.2 Å². The number of carbonyl (C=O) groups excluding carboxylic acids is 2. The van der Waals surface area contributed by atoms with Gasteiger partial charge in [0.2, 0.25) is 5.91 Å². The number of amides is 2. The fourth-order valence-electron chi connectivity index (χ4n) is 3.15. The van der Waals surface area contributed by atoms with E-state index in [4.69, 9.17) is 0 Å². The number of rotatable bonds is 3. The van der Waals surface area contributed by atoms with Gasteiger partial charge >= 0.3 is 0 Å². The van der Waals surface area contributed by atoms with E-state index in [1.165, 1.54) is 4.90 Å². The molecule has 0 spiro atoms. The maximum atomic E-state index is 12.8. The van der Waals surface area contributed by atoms with E-state index in [1.54, 1.807) is 0 Å². The number of carbonyl (C=O) groups is 2. The van der Waals surface area contributed by atoms with Crippen LogP contribution in [0.4, 0.5) is 11.4 Å². The highest BCUT2D eigenvalue weighted by Crippen LogP contribution is 2.29. The summed E-state index contributed by atoms with van der Waals surface area (Å²) < 4.78 is 0. The van der Waals surface area contributed by atoms with E-state index >= 15 is 0 Å². The molecule has 1 fully saturated rings. The van der Waals surface area contributed by atoms with Crippen LogP contribution in [0.5, 0.6) is 0 Å². The van der Waals surface area contributed by atoms with E-state index in [-0.39, 0.29) is 18.2 Å². The Morgan fingerprint density at radius 3 is 2.46 bits per heavy atom. The third-order valence-corrected chi connectivity index (χ3v) is 4.67. The van der Waals surface area contributed by atoms with Crippen LogP contribution in [-0.2, 0) is 9.59 Å². The summed E-state index contributed by atoms with van der Waals surface area (Å²) in [5, 5.41) is 3.25. The van der Waals surface area contributed by atoms with Crippen LogP contribution in [0.2, 0.25) is 0 Å². The normalized spacial score (nSPS) is 17.5. The summed E-state index contributed by atoms with van der Waals surface area (Å²) in [5.74, 6) is -0.345. The van der Waals surface area contributed by atoms with Gasteiger partial charge in [0.1, 0.15) is 6.04 Å². The topological polar surface area (TPSA) is 49.4 Å². The van der Waals surface area contributed by atoms with Gasteiger partial charge < -0.3 is 5.32 Å². The Balaban J connectivity index is 1.88. The molecule has 2 amide bonds. The van der Waals surface area contributed by atoms with Gasteiger partial charge in [-0.2, -0.15) is 0 Å². The highest BCUT2D eigenvalue weighted by molar-refractivity contribution is 6.23. The van der Waals surface area contributed by atoms with Gasteiger partial charge in [-0.25, -0.2) is 4.90 Å². The smallest absolute Gasteiger partial charge is 0.256 e. The first kappa shape index (κ1) is 16.2. The lowest BCUT2D eigenvalue weighted by Gasteiger charge is -2.19. The van der Waals surface area contributed by atoms with Crippen molar-refractivity contribution in [1.82, 2.24) is 0 Å². The van der Waals surface area contributed by atoms with E-state index < -0.39 is 6.04 Å². The van der Waals surface area contributed by atoms with Gasteiger partial charge in [-0.3, -0.25) is 9.59 Å². The van der Waals surface area contributed by atoms with E-state index in [1.807, 2.05) is 64.1 Å².